The van der Waals surface area contributed by atoms with E-state index in [1.54, 1.807) is 7.11 Å². The summed E-state index contributed by atoms with van der Waals surface area (Å²) in [7, 11) is 1.70. The molecule has 21 heavy (non-hydrogen) atoms. The molecule has 0 radical (unpaired) electrons. The fraction of sp³-hybridized carbons (Fsp3) is 0.474. The summed E-state index contributed by atoms with van der Waals surface area (Å²) in [5, 5.41) is 2.48. The van der Waals surface area contributed by atoms with Crippen molar-refractivity contribution < 1.29 is 4.74 Å². The van der Waals surface area contributed by atoms with Crippen LogP contribution < -0.4 is 4.74 Å². The third kappa shape index (κ3) is 2.14. The Kier molecular flexibility index (Phi) is 3.25. The van der Waals surface area contributed by atoms with E-state index in [0.717, 1.165) is 5.75 Å². The highest BCUT2D eigenvalue weighted by molar-refractivity contribution is 6.21. The Morgan fingerprint density at radius 1 is 0.952 bits per heavy atom. The Morgan fingerprint density at radius 3 is 2.10 bits per heavy atom. The average molecular weight is 303 g/mol. The van der Waals surface area contributed by atoms with Crippen LogP contribution in [0.15, 0.2) is 36.4 Å². The van der Waals surface area contributed by atoms with Crippen molar-refractivity contribution in [2.45, 2.75) is 33.1 Å². The smallest absolute Gasteiger partial charge is 0.119 e. The van der Waals surface area contributed by atoms with Crippen LogP contribution in [0.3, 0.4) is 0 Å². The minimum Gasteiger partial charge on any atom is -0.497 e. The lowest BCUT2D eigenvalue weighted by atomic mass is 9.99. The van der Waals surface area contributed by atoms with Gasteiger partial charge in [-0.05, 0) is 51.3 Å². The summed E-state index contributed by atoms with van der Waals surface area (Å²) in [5.41, 5.74) is 1.82. The predicted octanol–water partition coefficient (Wildman–Crippen LogP) is 5.81. The number of methoxy groups -OCH3 is 1. The average Bonchev–Trinajstić information content (AvgIpc) is 2.86. The molecule has 1 atom stereocenters. The molecule has 0 saturated heterocycles. The maximum atomic E-state index is 6.81. The monoisotopic (exact) mass is 302 g/mol. The first-order valence-electron chi connectivity index (χ1n) is 7.51. The van der Waals surface area contributed by atoms with Crippen molar-refractivity contribution in [3.05, 3.63) is 42.0 Å². The number of rotatable bonds is 3. The number of benzene rings is 2. The molecule has 0 aliphatic heterocycles. The second kappa shape index (κ2) is 4.64. The van der Waals surface area contributed by atoms with E-state index < -0.39 is 0 Å². The maximum Gasteiger partial charge on any atom is 0.119 e. The Hall–Kier alpha value is -1.21. The van der Waals surface area contributed by atoms with Crippen molar-refractivity contribution in [2.24, 2.45) is 16.7 Å². The largest absolute Gasteiger partial charge is 0.497 e. The first kappa shape index (κ1) is 14.7. The van der Waals surface area contributed by atoms with Gasteiger partial charge in [-0.25, -0.2) is 0 Å². The normalized spacial score (nSPS) is 21.2. The van der Waals surface area contributed by atoms with E-state index in [1.807, 2.05) is 6.07 Å². The van der Waals surface area contributed by atoms with Gasteiger partial charge in [-0.15, -0.1) is 11.6 Å². The lowest BCUT2D eigenvalue weighted by Crippen LogP contribution is -1.99. The van der Waals surface area contributed by atoms with Gasteiger partial charge in [0.25, 0.3) is 0 Å². The topological polar surface area (TPSA) is 9.23 Å². The van der Waals surface area contributed by atoms with Crippen molar-refractivity contribution in [3.8, 4) is 5.75 Å². The number of fused-ring (bicyclic) bond motifs is 1. The number of alkyl halides is 1. The quantitative estimate of drug-likeness (QED) is 0.650. The molecule has 1 aliphatic rings. The summed E-state index contributed by atoms with van der Waals surface area (Å²) in [4.78, 5) is 0. The van der Waals surface area contributed by atoms with Crippen LogP contribution in [-0.4, -0.2) is 7.11 Å². The second-order valence-electron chi connectivity index (χ2n) is 7.30. The van der Waals surface area contributed by atoms with Gasteiger partial charge in [0.05, 0.1) is 12.5 Å². The molecule has 1 nitrogen and oxygen atoms in total. The molecule has 2 heteroatoms. The highest BCUT2D eigenvalue weighted by Gasteiger charge is 2.67. The summed E-state index contributed by atoms with van der Waals surface area (Å²) in [6.45, 7) is 9.27. The Balaban J connectivity index is 1.95. The summed E-state index contributed by atoms with van der Waals surface area (Å²) in [5.74, 6) is 1.41. The Bertz CT molecular complexity index is 673. The minimum absolute atomic E-state index is 0.0708. The van der Waals surface area contributed by atoms with Gasteiger partial charge in [-0.1, -0.05) is 45.9 Å². The van der Waals surface area contributed by atoms with E-state index in [-0.39, 0.29) is 5.38 Å². The number of hydrogen-bond donors (Lipinski definition) is 0. The van der Waals surface area contributed by atoms with Crippen LogP contribution in [0.5, 0.6) is 5.75 Å². The lowest BCUT2D eigenvalue weighted by Gasteiger charge is -2.13. The molecule has 112 valence electrons. The van der Waals surface area contributed by atoms with Gasteiger partial charge < -0.3 is 4.74 Å². The van der Waals surface area contributed by atoms with Gasteiger partial charge in [0, 0.05) is 0 Å². The molecule has 1 saturated carbocycles. The molecule has 3 rings (SSSR count). The minimum atomic E-state index is 0.0708. The number of halogens is 1. The van der Waals surface area contributed by atoms with Crippen LogP contribution in [-0.2, 0) is 0 Å². The third-order valence-electron chi connectivity index (χ3n) is 5.81. The van der Waals surface area contributed by atoms with Crippen LogP contribution in [0.2, 0.25) is 0 Å². The van der Waals surface area contributed by atoms with Crippen LogP contribution in [0, 0.1) is 16.7 Å². The Labute approximate surface area is 132 Å². The number of hydrogen-bond acceptors (Lipinski definition) is 1. The highest BCUT2D eigenvalue weighted by atomic mass is 35.5. The Morgan fingerprint density at radius 2 is 1.52 bits per heavy atom. The summed E-state index contributed by atoms with van der Waals surface area (Å²) < 4.78 is 5.28. The van der Waals surface area contributed by atoms with Crippen molar-refractivity contribution in [1.29, 1.82) is 0 Å². The molecular weight excluding hydrogens is 280 g/mol. The zero-order valence-corrected chi connectivity index (χ0v) is 14.2. The van der Waals surface area contributed by atoms with Crippen molar-refractivity contribution in [2.75, 3.05) is 7.11 Å². The predicted molar refractivity (Wildman–Crippen MR) is 90.1 cm³/mol. The van der Waals surface area contributed by atoms with E-state index in [1.165, 1.54) is 16.3 Å². The second-order valence-corrected chi connectivity index (χ2v) is 7.77. The van der Waals surface area contributed by atoms with Gasteiger partial charge in [0.2, 0.25) is 0 Å². The molecule has 0 N–H and O–H groups in total. The lowest BCUT2D eigenvalue weighted by molar-refractivity contribution is 0.415. The molecule has 2 aromatic carbocycles. The summed E-state index contributed by atoms with van der Waals surface area (Å²) in [6, 6.07) is 12.7. The number of ether oxygens (including phenoxy) is 1. The summed E-state index contributed by atoms with van der Waals surface area (Å²) >= 11 is 6.81. The molecule has 2 aromatic rings. The molecule has 1 aliphatic carbocycles. The van der Waals surface area contributed by atoms with Crippen molar-refractivity contribution >= 4 is 22.4 Å². The van der Waals surface area contributed by atoms with Crippen LogP contribution in [0.1, 0.15) is 38.6 Å². The van der Waals surface area contributed by atoms with Crippen molar-refractivity contribution in [3.63, 3.8) is 0 Å². The van der Waals surface area contributed by atoms with Crippen LogP contribution >= 0.6 is 11.6 Å². The van der Waals surface area contributed by atoms with Gasteiger partial charge in [0.15, 0.2) is 0 Å². The first-order valence-corrected chi connectivity index (χ1v) is 7.94. The zero-order valence-electron chi connectivity index (χ0n) is 13.4. The van der Waals surface area contributed by atoms with E-state index in [9.17, 15) is 0 Å². The first-order chi connectivity index (χ1) is 9.79. The maximum absolute atomic E-state index is 6.81. The molecule has 0 bridgehead atoms. The van der Waals surface area contributed by atoms with Gasteiger partial charge >= 0.3 is 0 Å². The molecule has 1 unspecified atom stereocenters. The standard InChI is InChI=1S/C19H23ClO/c1-18(2)17(19(18,3)4)16(20)14-7-6-13-11-15(21-5)9-8-12(13)10-14/h6-11,16-17H,1-5H3. The van der Waals surface area contributed by atoms with Crippen molar-refractivity contribution in [1.82, 2.24) is 0 Å². The van der Waals surface area contributed by atoms with E-state index in [4.69, 9.17) is 16.3 Å². The third-order valence-corrected chi connectivity index (χ3v) is 6.32. The van der Waals surface area contributed by atoms with Gasteiger partial charge in [-0.3, -0.25) is 0 Å². The fourth-order valence-electron chi connectivity index (χ4n) is 3.71. The van der Waals surface area contributed by atoms with Crippen LogP contribution in [0.4, 0.5) is 0 Å². The highest BCUT2D eigenvalue weighted by Crippen LogP contribution is 2.73. The van der Waals surface area contributed by atoms with E-state index >= 15 is 0 Å². The fourth-order valence-corrected chi connectivity index (χ4v) is 4.48. The molecule has 0 spiro atoms. The molecule has 0 amide bonds. The SMILES string of the molecule is COc1ccc2cc(C(Cl)C3C(C)(C)C3(C)C)ccc2c1. The van der Waals surface area contributed by atoms with E-state index in [2.05, 4.69) is 58.0 Å². The zero-order chi connectivity index (χ0) is 15.4. The molecule has 0 heterocycles. The van der Waals surface area contributed by atoms with E-state index in [0.29, 0.717) is 16.7 Å². The van der Waals surface area contributed by atoms with Crippen LogP contribution in [0.25, 0.3) is 10.8 Å². The molecule has 1 fully saturated rings. The summed E-state index contributed by atoms with van der Waals surface area (Å²) in [6.07, 6.45) is 0. The van der Waals surface area contributed by atoms with Gasteiger partial charge in [0.1, 0.15) is 5.75 Å². The van der Waals surface area contributed by atoms with Gasteiger partial charge in [-0.2, -0.15) is 0 Å². The molecular formula is C19H23ClO. The molecule has 0 aromatic heterocycles.